The lowest BCUT2D eigenvalue weighted by Gasteiger charge is -2.28. The van der Waals surface area contributed by atoms with Crippen molar-refractivity contribution in [2.45, 2.75) is 25.0 Å². The third-order valence-electron chi connectivity index (χ3n) is 4.18. The fourth-order valence-corrected chi connectivity index (χ4v) is 3.15. The van der Waals surface area contributed by atoms with Gasteiger partial charge in [0.15, 0.2) is 0 Å². The van der Waals surface area contributed by atoms with Gasteiger partial charge in [-0.1, -0.05) is 18.2 Å². The summed E-state index contributed by atoms with van der Waals surface area (Å²) in [6, 6.07) is 8.62. The second kappa shape index (κ2) is 4.90. The van der Waals surface area contributed by atoms with Gasteiger partial charge >= 0.3 is 11.9 Å². The standard InChI is InChI=1S/C15H16O5/c16-9-11-6-7-15(12(11)8-13(17)19-15)20-14(18)10-4-2-1-3-5-10/h1-5,11-12,16H,6-9H2/t11-,12?,15?/m1/s1. The Morgan fingerprint density at radius 3 is 2.85 bits per heavy atom. The van der Waals surface area contributed by atoms with E-state index in [0.717, 1.165) is 0 Å². The number of rotatable bonds is 3. The average Bonchev–Trinajstić information content (AvgIpc) is 2.93. The highest BCUT2D eigenvalue weighted by molar-refractivity contribution is 5.90. The van der Waals surface area contributed by atoms with Crippen LogP contribution in [-0.4, -0.2) is 29.4 Å². The molecule has 106 valence electrons. The third kappa shape index (κ3) is 2.08. The summed E-state index contributed by atoms with van der Waals surface area (Å²) in [4.78, 5) is 23.7. The number of carbonyl (C=O) groups excluding carboxylic acids is 2. The summed E-state index contributed by atoms with van der Waals surface area (Å²) in [5.41, 5.74) is 0.427. The van der Waals surface area contributed by atoms with Gasteiger partial charge in [-0.2, -0.15) is 0 Å². The topological polar surface area (TPSA) is 72.8 Å². The zero-order valence-electron chi connectivity index (χ0n) is 11.0. The van der Waals surface area contributed by atoms with E-state index in [9.17, 15) is 14.7 Å². The molecule has 1 N–H and O–H groups in total. The van der Waals surface area contributed by atoms with Crippen LogP contribution in [0.25, 0.3) is 0 Å². The smallest absolute Gasteiger partial charge is 0.341 e. The molecule has 1 aromatic carbocycles. The van der Waals surface area contributed by atoms with Gasteiger partial charge in [-0.05, 0) is 24.5 Å². The minimum atomic E-state index is -1.18. The summed E-state index contributed by atoms with van der Waals surface area (Å²) >= 11 is 0. The fraction of sp³-hybridized carbons (Fsp3) is 0.467. The molecule has 2 aliphatic rings. The zero-order valence-corrected chi connectivity index (χ0v) is 11.0. The Kier molecular flexibility index (Phi) is 3.22. The quantitative estimate of drug-likeness (QED) is 0.847. The Labute approximate surface area is 116 Å². The molecule has 2 unspecified atom stereocenters. The lowest BCUT2D eigenvalue weighted by atomic mass is 9.92. The molecule has 2 fully saturated rings. The highest BCUT2D eigenvalue weighted by atomic mass is 16.7. The van der Waals surface area contributed by atoms with Crippen LogP contribution in [0, 0.1) is 11.8 Å². The summed E-state index contributed by atoms with van der Waals surface area (Å²) < 4.78 is 10.8. The largest absolute Gasteiger partial charge is 0.422 e. The highest BCUT2D eigenvalue weighted by Gasteiger charge is 2.59. The molecule has 0 radical (unpaired) electrons. The SMILES string of the molecule is O=C1CC2[C@@H](CO)CCC2(OC(=O)c2ccccc2)O1. The van der Waals surface area contributed by atoms with Gasteiger partial charge in [-0.25, -0.2) is 4.79 Å². The van der Waals surface area contributed by atoms with Gasteiger partial charge in [0.25, 0.3) is 5.79 Å². The molecule has 3 atom stereocenters. The number of fused-ring (bicyclic) bond motifs is 1. The van der Waals surface area contributed by atoms with Crippen molar-refractivity contribution in [2.24, 2.45) is 11.8 Å². The van der Waals surface area contributed by atoms with E-state index in [-0.39, 0.29) is 30.8 Å². The van der Waals surface area contributed by atoms with Crippen LogP contribution in [0.2, 0.25) is 0 Å². The molecule has 1 saturated carbocycles. The molecule has 20 heavy (non-hydrogen) atoms. The molecule has 3 rings (SSSR count). The van der Waals surface area contributed by atoms with Crippen molar-refractivity contribution in [2.75, 3.05) is 6.61 Å². The van der Waals surface area contributed by atoms with Crippen LogP contribution >= 0.6 is 0 Å². The molecule has 5 heteroatoms. The van der Waals surface area contributed by atoms with Crippen molar-refractivity contribution in [3.63, 3.8) is 0 Å². The first-order chi connectivity index (χ1) is 9.64. The summed E-state index contributed by atoms with van der Waals surface area (Å²) in [5.74, 6) is -2.34. The Morgan fingerprint density at radius 1 is 1.40 bits per heavy atom. The number of ether oxygens (including phenoxy) is 2. The van der Waals surface area contributed by atoms with Crippen LogP contribution in [-0.2, 0) is 14.3 Å². The molecule has 1 aromatic rings. The lowest BCUT2D eigenvalue weighted by Crippen LogP contribution is -2.38. The predicted molar refractivity (Wildman–Crippen MR) is 68.6 cm³/mol. The van der Waals surface area contributed by atoms with Crippen LogP contribution < -0.4 is 0 Å². The van der Waals surface area contributed by atoms with Crippen LogP contribution in [0.4, 0.5) is 0 Å². The van der Waals surface area contributed by atoms with E-state index >= 15 is 0 Å². The van der Waals surface area contributed by atoms with Crippen LogP contribution in [0.3, 0.4) is 0 Å². The number of aliphatic hydroxyl groups is 1. The first-order valence-electron chi connectivity index (χ1n) is 6.76. The molecule has 0 aromatic heterocycles. The maximum Gasteiger partial charge on any atom is 0.341 e. The molecule has 0 spiro atoms. The molecular formula is C15H16O5. The van der Waals surface area contributed by atoms with Crippen molar-refractivity contribution in [1.82, 2.24) is 0 Å². The van der Waals surface area contributed by atoms with E-state index in [2.05, 4.69) is 0 Å². The summed E-state index contributed by atoms with van der Waals surface area (Å²) in [5, 5.41) is 9.36. The summed E-state index contributed by atoms with van der Waals surface area (Å²) in [6.45, 7) is -0.0219. The summed E-state index contributed by atoms with van der Waals surface area (Å²) in [6.07, 6.45) is 1.34. The van der Waals surface area contributed by atoms with E-state index < -0.39 is 11.8 Å². The second-order valence-electron chi connectivity index (χ2n) is 5.33. The normalized spacial score (nSPS) is 31.8. The molecule has 1 saturated heterocycles. The lowest BCUT2D eigenvalue weighted by molar-refractivity contribution is -0.197. The van der Waals surface area contributed by atoms with Crippen LogP contribution in [0.5, 0.6) is 0 Å². The number of benzene rings is 1. The van der Waals surface area contributed by atoms with Gasteiger partial charge in [0, 0.05) is 13.0 Å². The average molecular weight is 276 g/mol. The number of hydrogen-bond donors (Lipinski definition) is 1. The maximum absolute atomic E-state index is 12.2. The molecule has 5 nitrogen and oxygen atoms in total. The Bertz CT molecular complexity index is 526. The molecule has 1 heterocycles. The maximum atomic E-state index is 12.2. The number of esters is 2. The van der Waals surface area contributed by atoms with Gasteiger partial charge in [0.05, 0.1) is 17.9 Å². The van der Waals surface area contributed by atoms with Gasteiger partial charge in [0.1, 0.15) is 0 Å². The van der Waals surface area contributed by atoms with Crippen molar-refractivity contribution in [3.05, 3.63) is 35.9 Å². The Morgan fingerprint density at radius 2 is 2.15 bits per heavy atom. The van der Waals surface area contributed by atoms with E-state index in [1.54, 1.807) is 24.3 Å². The molecule has 1 aliphatic carbocycles. The van der Waals surface area contributed by atoms with E-state index in [1.807, 2.05) is 6.07 Å². The molecule has 0 amide bonds. The van der Waals surface area contributed by atoms with E-state index in [4.69, 9.17) is 9.47 Å². The highest BCUT2D eigenvalue weighted by Crippen LogP contribution is 2.50. The second-order valence-corrected chi connectivity index (χ2v) is 5.33. The monoisotopic (exact) mass is 276 g/mol. The first-order valence-corrected chi connectivity index (χ1v) is 6.76. The third-order valence-corrected chi connectivity index (χ3v) is 4.18. The van der Waals surface area contributed by atoms with Gasteiger partial charge in [0.2, 0.25) is 0 Å². The summed E-state index contributed by atoms with van der Waals surface area (Å²) in [7, 11) is 0. The van der Waals surface area contributed by atoms with Crippen molar-refractivity contribution >= 4 is 11.9 Å². The van der Waals surface area contributed by atoms with Crippen LogP contribution in [0.1, 0.15) is 29.6 Å². The Balaban J connectivity index is 1.82. The fourth-order valence-electron chi connectivity index (χ4n) is 3.15. The minimum absolute atomic E-state index is 0.0219. The van der Waals surface area contributed by atoms with Gasteiger partial charge < -0.3 is 14.6 Å². The van der Waals surface area contributed by atoms with Gasteiger partial charge in [-0.15, -0.1) is 0 Å². The van der Waals surface area contributed by atoms with Gasteiger partial charge in [-0.3, -0.25) is 4.79 Å². The zero-order chi connectivity index (χ0) is 14.2. The number of hydrogen-bond acceptors (Lipinski definition) is 5. The van der Waals surface area contributed by atoms with Crippen molar-refractivity contribution in [3.8, 4) is 0 Å². The van der Waals surface area contributed by atoms with E-state index in [0.29, 0.717) is 18.4 Å². The number of aliphatic hydroxyl groups excluding tert-OH is 1. The van der Waals surface area contributed by atoms with Crippen molar-refractivity contribution in [1.29, 1.82) is 0 Å². The van der Waals surface area contributed by atoms with Crippen LogP contribution in [0.15, 0.2) is 30.3 Å². The Hall–Kier alpha value is -1.88. The minimum Gasteiger partial charge on any atom is -0.422 e. The predicted octanol–water partition coefficient (Wildman–Crippen LogP) is 1.51. The molecule has 1 aliphatic heterocycles. The number of carbonyl (C=O) groups is 2. The molecular weight excluding hydrogens is 260 g/mol. The first kappa shape index (κ1) is 13.1. The molecule has 0 bridgehead atoms. The van der Waals surface area contributed by atoms with E-state index in [1.165, 1.54) is 0 Å². The van der Waals surface area contributed by atoms with Crippen molar-refractivity contribution < 1.29 is 24.2 Å².